The van der Waals surface area contributed by atoms with Crippen LogP contribution in [0.15, 0.2) is 18.5 Å². The number of hydrogen-bond donors (Lipinski definition) is 1. The molecule has 0 bridgehead atoms. The van der Waals surface area contributed by atoms with Gasteiger partial charge in [0.15, 0.2) is 0 Å². The largest absolute Gasteiger partial charge is 0.478 e. The highest BCUT2D eigenvalue weighted by atomic mass is 16.4. The van der Waals surface area contributed by atoms with E-state index in [4.69, 9.17) is 5.11 Å². The molecule has 138 valence electrons. The van der Waals surface area contributed by atoms with Crippen molar-refractivity contribution in [2.45, 2.75) is 103 Å². The minimum Gasteiger partial charge on any atom is -0.478 e. The van der Waals surface area contributed by atoms with Gasteiger partial charge in [0.25, 0.3) is 0 Å². The van der Waals surface area contributed by atoms with E-state index in [-0.39, 0.29) is 0 Å². The maximum absolute atomic E-state index is 10.8. The third kappa shape index (κ3) is 10.5. The van der Waals surface area contributed by atoms with Crippen LogP contribution >= 0.6 is 0 Å². The van der Waals surface area contributed by atoms with E-state index >= 15 is 0 Å². The third-order valence-corrected chi connectivity index (χ3v) is 4.77. The summed E-state index contributed by atoms with van der Waals surface area (Å²) in [5.74, 6) is -0.838. The minimum absolute atomic E-state index is 0.389. The van der Waals surface area contributed by atoms with Gasteiger partial charge in [-0.1, -0.05) is 90.4 Å². The maximum Gasteiger partial charge on any atom is 0.337 e. The Morgan fingerprint density at radius 2 is 1.29 bits per heavy atom. The van der Waals surface area contributed by atoms with E-state index < -0.39 is 5.97 Å². The number of aryl methyl sites for hydroxylation is 1. The Morgan fingerprint density at radius 3 is 1.71 bits per heavy atom. The number of aromatic nitrogens is 1. The normalized spacial score (nSPS) is 11.0. The molecular weight excluding hydrogens is 298 g/mol. The summed E-state index contributed by atoms with van der Waals surface area (Å²) in [5.41, 5.74) is 0.389. The second kappa shape index (κ2) is 14.1. The van der Waals surface area contributed by atoms with Gasteiger partial charge in [-0.25, -0.2) is 4.79 Å². The van der Waals surface area contributed by atoms with E-state index in [1.807, 2.05) is 10.8 Å². The first kappa shape index (κ1) is 20.8. The van der Waals surface area contributed by atoms with Crippen LogP contribution in [0.2, 0.25) is 0 Å². The van der Waals surface area contributed by atoms with Gasteiger partial charge < -0.3 is 9.67 Å². The van der Waals surface area contributed by atoms with Gasteiger partial charge in [0.1, 0.15) is 0 Å². The first-order valence-corrected chi connectivity index (χ1v) is 10.1. The van der Waals surface area contributed by atoms with E-state index in [9.17, 15) is 4.79 Å². The Kier molecular flexibility index (Phi) is 12.2. The molecule has 0 fully saturated rings. The van der Waals surface area contributed by atoms with Crippen LogP contribution in [-0.2, 0) is 6.54 Å². The van der Waals surface area contributed by atoms with Crippen molar-refractivity contribution in [1.82, 2.24) is 4.57 Å². The fourth-order valence-electron chi connectivity index (χ4n) is 3.20. The fraction of sp³-hybridized carbons (Fsp3) is 0.762. The summed E-state index contributed by atoms with van der Waals surface area (Å²) >= 11 is 0. The van der Waals surface area contributed by atoms with Crippen LogP contribution in [0, 0.1) is 0 Å². The van der Waals surface area contributed by atoms with Crippen LogP contribution in [0.5, 0.6) is 0 Å². The smallest absolute Gasteiger partial charge is 0.337 e. The lowest BCUT2D eigenvalue weighted by atomic mass is 10.0. The molecule has 3 nitrogen and oxygen atoms in total. The number of carboxylic acids is 1. The van der Waals surface area contributed by atoms with Gasteiger partial charge in [0.05, 0.1) is 5.56 Å². The molecule has 1 heterocycles. The van der Waals surface area contributed by atoms with Crippen molar-refractivity contribution in [2.75, 3.05) is 0 Å². The molecule has 1 rings (SSSR count). The van der Waals surface area contributed by atoms with Crippen molar-refractivity contribution in [3.63, 3.8) is 0 Å². The second-order valence-electron chi connectivity index (χ2n) is 7.04. The highest BCUT2D eigenvalue weighted by Crippen LogP contribution is 2.13. The van der Waals surface area contributed by atoms with E-state index in [0.717, 1.165) is 13.0 Å². The Bertz CT molecular complexity index is 425. The van der Waals surface area contributed by atoms with Crippen LogP contribution in [-0.4, -0.2) is 15.6 Å². The van der Waals surface area contributed by atoms with Gasteiger partial charge in [0, 0.05) is 18.9 Å². The van der Waals surface area contributed by atoms with E-state index in [2.05, 4.69) is 6.92 Å². The second-order valence-corrected chi connectivity index (χ2v) is 7.04. The van der Waals surface area contributed by atoms with Crippen LogP contribution < -0.4 is 0 Å². The maximum atomic E-state index is 10.8. The highest BCUT2D eigenvalue weighted by molar-refractivity contribution is 5.87. The lowest BCUT2D eigenvalue weighted by Crippen LogP contribution is -1.96. The third-order valence-electron chi connectivity index (χ3n) is 4.77. The van der Waals surface area contributed by atoms with Gasteiger partial charge in [-0.15, -0.1) is 0 Å². The summed E-state index contributed by atoms with van der Waals surface area (Å²) in [7, 11) is 0. The molecule has 24 heavy (non-hydrogen) atoms. The molecule has 0 aliphatic carbocycles. The minimum atomic E-state index is -0.838. The average molecular weight is 336 g/mol. The van der Waals surface area contributed by atoms with Crippen LogP contribution in [0.4, 0.5) is 0 Å². The Hall–Kier alpha value is -1.25. The fourth-order valence-corrected chi connectivity index (χ4v) is 3.20. The standard InChI is InChI=1S/C21H37NO2/c1-2-3-4-5-6-7-8-9-10-11-12-13-14-15-17-22-18-16-20(19-22)21(23)24/h16,18-19H,2-15,17H2,1H3,(H,23,24). The molecule has 0 atom stereocenters. The Balaban J connectivity index is 1.81. The number of unbranched alkanes of at least 4 members (excludes halogenated alkanes) is 13. The molecule has 0 saturated carbocycles. The van der Waals surface area contributed by atoms with Crippen molar-refractivity contribution in [3.8, 4) is 0 Å². The zero-order valence-corrected chi connectivity index (χ0v) is 15.6. The van der Waals surface area contributed by atoms with Gasteiger partial charge in [-0.2, -0.15) is 0 Å². The van der Waals surface area contributed by atoms with Crippen LogP contribution in [0.25, 0.3) is 0 Å². The number of nitrogens with zero attached hydrogens (tertiary/aromatic N) is 1. The molecule has 0 aliphatic heterocycles. The summed E-state index contributed by atoms with van der Waals surface area (Å²) in [6, 6.07) is 1.67. The molecule has 0 amide bonds. The molecule has 1 aromatic rings. The van der Waals surface area contributed by atoms with Crippen molar-refractivity contribution < 1.29 is 9.90 Å². The van der Waals surface area contributed by atoms with Gasteiger partial charge in [-0.05, 0) is 12.5 Å². The van der Waals surface area contributed by atoms with Crippen molar-refractivity contribution in [1.29, 1.82) is 0 Å². The summed E-state index contributed by atoms with van der Waals surface area (Å²) in [4.78, 5) is 10.8. The number of aromatic carboxylic acids is 1. The Labute approximate surface area is 148 Å². The van der Waals surface area contributed by atoms with Crippen molar-refractivity contribution in [3.05, 3.63) is 24.0 Å². The summed E-state index contributed by atoms with van der Waals surface area (Å²) < 4.78 is 1.99. The summed E-state index contributed by atoms with van der Waals surface area (Å²) in [6.45, 7) is 3.21. The van der Waals surface area contributed by atoms with Crippen LogP contribution in [0.1, 0.15) is 107 Å². The van der Waals surface area contributed by atoms with E-state index in [0.29, 0.717) is 5.56 Å². The average Bonchev–Trinajstić information content (AvgIpc) is 3.04. The molecule has 3 heteroatoms. The molecule has 0 radical (unpaired) electrons. The summed E-state index contributed by atoms with van der Waals surface area (Å²) in [5, 5.41) is 8.88. The van der Waals surface area contributed by atoms with Crippen LogP contribution in [0.3, 0.4) is 0 Å². The molecular formula is C21H37NO2. The zero-order valence-electron chi connectivity index (χ0n) is 15.6. The first-order chi connectivity index (χ1) is 11.7. The lowest BCUT2D eigenvalue weighted by Gasteiger charge is -2.04. The van der Waals surface area contributed by atoms with Gasteiger partial charge in [0.2, 0.25) is 0 Å². The number of hydrogen-bond acceptors (Lipinski definition) is 1. The number of carbonyl (C=O) groups is 1. The van der Waals surface area contributed by atoms with Crippen molar-refractivity contribution >= 4 is 5.97 Å². The molecule has 0 spiro atoms. The molecule has 1 N–H and O–H groups in total. The number of rotatable bonds is 16. The lowest BCUT2D eigenvalue weighted by molar-refractivity contribution is 0.0697. The molecule has 0 unspecified atom stereocenters. The number of carboxylic acid groups (broad SMARTS) is 1. The topological polar surface area (TPSA) is 42.2 Å². The zero-order chi connectivity index (χ0) is 17.5. The van der Waals surface area contributed by atoms with Crippen molar-refractivity contribution in [2.24, 2.45) is 0 Å². The quantitative estimate of drug-likeness (QED) is 0.343. The molecule has 0 aromatic carbocycles. The van der Waals surface area contributed by atoms with Gasteiger partial charge >= 0.3 is 5.97 Å². The predicted molar refractivity (Wildman–Crippen MR) is 102 cm³/mol. The SMILES string of the molecule is CCCCCCCCCCCCCCCCn1ccc(C(=O)O)c1. The molecule has 0 saturated heterocycles. The monoisotopic (exact) mass is 335 g/mol. The van der Waals surface area contributed by atoms with E-state index in [1.165, 1.54) is 83.5 Å². The molecule has 1 aromatic heterocycles. The Morgan fingerprint density at radius 1 is 0.833 bits per heavy atom. The first-order valence-electron chi connectivity index (χ1n) is 10.1. The van der Waals surface area contributed by atoms with Gasteiger partial charge in [-0.3, -0.25) is 0 Å². The highest BCUT2D eigenvalue weighted by Gasteiger charge is 2.03. The summed E-state index contributed by atoms with van der Waals surface area (Å²) in [6.07, 6.45) is 22.7. The van der Waals surface area contributed by atoms with E-state index in [1.54, 1.807) is 12.3 Å². The predicted octanol–water partition coefficient (Wildman–Crippen LogP) is 6.67. The molecule has 0 aliphatic rings.